The van der Waals surface area contributed by atoms with Gasteiger partial charge in [0.15, 0.2) is 13.2 Å². The second-order valence-corrected chi connectivity index (χ2v) is 7.34. The summed E-state index contributed by atoms with van der Waals surface area (Å²) in [6.45, 7) is -2.00. The van der Waals surface area contributed by atoms with Gasteiger partial charge in [-0.1, -0.05) is 6.07 Å². The molecule has 0 unspecified atom stereocenters. The minimum absolute atomic E-state index is 0.115. The Hall–Kier alpha value is -2.70. The van der Waals surface area contributed by atoms with E-state index in [0.29, 0.717) is 11.6 Å². The number of ether oxygens (including phenoxy) is 2. The van der Waals surface area contributed by atoms with E-state index in [2.05, 4.69) is 19.2 Å². The summed E-state index contributed by atoms with van der Waals surface area (Å²) in [5.41, 5.74) is 0.401. The van der Waals surface area contributed by atoms with Crippen molar-refractivity contribution in [2.45, 2.75) is 24.2 Å². The molecule has 0 aliphatic heterocycles. The summed E-state index contributed by atoms with van der Waals surface area (Å²) < 4.78 is 111. The molecule has 6 nitrogen and oxygen atoms in total. The van der Waals surface area contributed by atoms with Crippen molar-refractivity contribution in [1.82, 2.24) is 4.98 Å². The molecule has 0 saturated heterocycles. The summed E-state index contributed by atoms with van der Waals surface area (Å²) in [6.07, 6.45) is -8.19. The van der Waals surface area contributed by atoms with E-state index in [4.69, 9.17) is 0 Å². The zero-order valence-electron chi connectivity index (χ0n) is 14.6. The Morgan fingerprint density at radius 3 is 2.21 bits per heavy atom. The maximum absolute atomic E-state index is 12.7. The predicted molar refractivity (Wildman–Crippen MR) is 89.3 cm³/mol. The molecule has 0 fully saturated rings. The van der Waals surface area contributed by atoms with Crippen LogP contribution >= 0.6 is 0 Å². The molecule has 1 aromatic heterocycles. The number of pyridine rings is 1. The predicted octanol–water partition coefficient (Wildman–Crippen LogP) is 4.07. The fourth-order valence-corrected chi connectivity index (χ4v) is 3.25. The monoisotopic (exact) mass is 444 g/mol. The molecule has 13 heteroatoms. The zero-order valence-corrected chi connectivity index (χ0v) is 15.5. The van der Waals surface area contributed by atoms with Gasteiger partial charge in [-0.2, -0.15) is 26.3 Å². The van der Waals surface area contributed by atoms with Crippen molar-refractivity contribution in [3.63, 3.8) is 0 Å². The van der Waals surface area contributed by atoms with Gasteiger partial charge in [0.05, 0.1) is 0 Å². The summed E-state index contributed by atoms with van der Waals surface area (Å²) in [5.74, 6) is -1.36. The summed E-state index contributed by atoms with van der Waals surface area (Å²) >= 11 is 0. The van der Waals surface area contributed by atoms with Crippen LogP contribution in [0.2, 0.25) is 0 Å². The van der Waals surface area contributed by atoms with E-state index >= 15 is 0 Å². The quantitative estimate of drug-likeness (QED) is 0.652. The number of alkyl halides is 6. The van der Waals surface area contributed by atoms with Crippen LogP contribution in [0.15, 0.2) is 41.4 Å². The first-order chi connectivity index (χ1) is 13.3. The Balaban J connectivity index is 2.41. The lowest BCUT2D eigenvalue weighted by atomic mass is 10.3. The zero-order chi connectivity index (χ0) is 21.9. The Labute approximate surface area is 161 Å². The molecule has 0 aliphatic rings. The molecule has 0 atom stereocenters. The molecular weight excluding hydrogens is 430 g/mol. The van der Waals surface area contributed by atoms with Gasteiger partial charge < -0.3 is 9.47 Å². The van der Waals surface area contributed by atoms with Crippen molar-refractivity contribution >= 4 is 15.8 Å². The van der Waals surface area contributed by atoms with Crippen LogP contribution < -0.4 is 14.2 Å². The molecule has 1 aromatic carbocycles. The number of aryl methyl sites for hydroxylation is 1. The number of benzene rings is 1. The molecule has 1 heterocycles. The minimum atomic E-state index is -4.77. The number of aromatic nitrogens is 1. The highest BCUT2D eigenvalue weighted by Gasteiger charge is 2.31. The third-order valence-corrected chi connectivity index (χ3v) is 4.60. The third kappa shape index (κ3) is 7.00. The number of hydrogen-bond donors (Lipinski definition) is 1. The van der Waals surface area contributed by atoms with Crippen LogP contribution in [-0.2, 0) is 10.0 Å². The third-order valence-electron chi connectivity index (χ3n) is 3.24. The second kappa shape index (κ2) is 8.35. The van der Waals surface area contributed by atoms with Crippen molar-refractivity contribution in [2.75, 3.05) is 17.9 Å². The Morgan fingerprint density at radius 1 is 1.00 bits per heavy atom. The first kappa shape index (κ1) is 22.6. The normalized spacial score (nSPS) is 12.5. The van der Waals surface area contributed by atoms with Gasteiger partial charge in [-0.05, 0) is 30.7 Å². The van der Waals surface area contributed by atoms with Gasteiger partial charge in [0, 0.05) is 12.3 Å². The topological polar surface area (TPSA) is 77.5 Å². The summed E-state index contributed by atoms with van der Waals surface area (Å²) in [7, 11) is -4.58. The maximum Gasteiger partial charge on any atom is 0.422 e. The number of nitrogens with one attached hydrogen (secondary N) is 1. The maximum atomic E-state index is 12.7. The van der Waals surface area contributed by atoms with Crippen molar-refractivity contribution in [2.24, 2.45) is 0 Å². The van der Waals surface area contributed by atoms with Gasteiger partial charge in [0.2, 0.25) is 0 Å². The molecule has 0 saturated carbocycles. The fraction of sp³-hybridized carbons (Fsp3) is 0.312. The molecule has 1 N–H and O–H groups in total. The van der Waals surface area contributed by atoms with E-state index in [1.165, 1.54) is 25.3 Å². The largest absolute Gasteiger partial charge is 0.484 e. The van der Waals surface area contributed by atoms with E-state index in [0.717, 1.165) is 12.1 Å². The standard InChI is InChI=1S/C16H14F6N2O4S/c1-10-3-2-6-23-14(10)24-29(25,26)13-7-11(27-8-15(17,18)19)4-5-12(13)28-9-16(20,21)22/h2-7H,8-9H2,1H3,(H,23,24). The first-order valence-electron chi connectivity index (χ1n) is 7.74. The lowest BCUT2D eigenvalue weighted by Gasteiger charge is -2.16. The van der Waals surface area contributed by atoms with Crippen LogP contribution in [0.3, 0.4) is 0 Å². The van der Waals surface area contributed by atoms with Gasteiger partial charge in [-0.25, -0.2) is 13.4 Å². The van der Waals surface area contributed by atoms with Crippen LogP contribution in [0.25, 0.3) is 0 Å². The number of hydrogen-bond acceptors (Lipinski definition) is 5. The van der Waals surface area contributed by atoms with E-state index in [-0.39, 0.29) is 5.82 Å². The molecule has 2 aromatic rings. The number of halogens is 6. The Morgan fingerprint density at radius 2 is 1.62 bits per heavy atom. The fourth-order valence-electron chi connectivity index (χ4n) is 2.01. The molecule has 0 bridgehead atoms. The highest BCUT2D eigenvalue weighted by Crippen LogP contribution is 2.32. The molecular formula is C16H14F6N2O4S. The Kier molecular flexibility index (Phi) is 6.50. The summed E-state index contributed by atoms with van der Waals surface area (Å²) in [5, 5.41) is 0. The summed E-state index contributed by atoms with van der Waals surface area (Å²) in [6, 6.07) is 5.32. The van der Waals surface area contributed by atoms with E-state index in [1.807, 2.05) is 0 Å². The Bertz CT molecular complexity index is 961. The van der Waals surface area contributed by atoms with Crippen molar-refractivity contribution < 1.29 is 44.2 Å². The van der Waals surface area contributed by atoms with E-state index in [1.54, 1.807) is 0 Å². The molecule has 0 radical (unpaired) electrons. The second-order valence-electron chi connectivity index (χ2n) is 5.69. The van der Waals surface area contributed by atoms with E-state index in [9.17, 15) is 34.8 Å². The molecule has 29 heavy (non-hydrogen) atoms. The van der Waals surface area contributed by atoms with Gasteiger partial charge in [0.25, 0.3) is 10.0 Å². The van der Waals surface area contributed by atoms with Crippen LogP contribution in [0.4, 0.5) is 32.2 Å². The highest BCUT2D eigenvalue weighted by atomic mass is 32.2. The van der Waals surface area contributed by atoms with Crippen molar-refractivity contribution in [1.29, 1.82) is 0 Å². The lowest BCUT2D eigenvalue weighted by Crippen LogP contribution is -2.22. The number of anilines is 1. The van der Waals surface area contributed by atoms with Crippen LogP contribution in [0.1, 0.15) is 5.56 Å². The van der Waals surface area contributed by atoms with Gasteiger partial charge in [-0.3, -0.25) is 4.72 Å². The summed E-state index contributed by atoms with van der Waals surface area (Å²) in [4.78, 5) is 2.96. The first-order valence-corrected chi connectivity index (χ1v) is 9.23. The van der Waals surface area contributed by atoms with Crippen LogP contribution in [0, 0.1) is 6.92 Å². The molecule has 160 valence electrons. The average Bonchev–Trinajstić information content (AvgIpc) is 2.59. The molecule has 2 rings (SSSR count). The van der Waals surface area contributed by atoms with Gasteiger partial charge in [0.1, 0.15) is 22.2 Å². The van der Waals surface area contributed by atoms with Gasteiger partial charge in [-0.15, -0.1) is 0 Å². The minimum Gasteiger partial charge on any atom is -0.484 e. The van der Waals surface area contributed by atoms with Crippen molar-refractivity contribution in [3.05, 3.63) is 42.1 Å². The lowest BCUT2D eigenvalue weighted by molar-refractivity contribution is -0.154. The molecule has 0 spiro atoms. The van der Waals surface area contributed by atoms with Gasteiger partial charge >= 0.3 is 12.4 Å². The highest BCUT2D eigenvalue weighted by molar-refractivity contribution is 7.92. The van der Waals surface area contributed by atoms with Crippen molar-refractivity contribution in [3.8, 4) is 11.5 Å². The number of nitrogens with zero attached hydrogens (tertiary/aromatic N) is 1. The average molecular weight is 444 g/mol. The molecule has 0 amide bonds. The molecule has 0 aliphatic carbocycles. The van der Waals surface area contributed by atoms with Crippen LogP contribution in [-0.4, -0.2) is 39.0 Å². The number of rotatable bonds is 7. The number of sulfonamides is 1. The van der Waals surface area contributed by atoms with E-state index < -0.39 is 52.0 Å². The SMILES string of the molecule is Cc1cccnc1NS(=O)(=O)c1cc(OCC(F)(F)F)ccc1OCC(F)(F)F. The smallest absolute Gasteiger partial charge is 0.422 e. The van der Waals surface area contributed by atoms with Crippen LogP contribution in [0.5, 0.6) is 11.5 Å².